The second-order valence-electron chi connectivity index (χ2n) is 4.72. The van der Waals surface area contributed by atoms with Gasteiger partial charge in [0.1, 0.15) is 0 Å². The number of carbonyl (C=O) groups excluding carboxylic acids is 1. The molecule has 4 nitrogen and oxygen atoms in total. The third-order valence-corrected chi connectivity index (χ3v) is 3.69. The maximum absolute atomic E-state index is 12.4. The van der Waals surface area contributed by atoms with Crippen LogP contribution in [0.5, 0.6) is 0 Å². The molecule has 110 valence electrons. The van der Waals surface area contributed by atoms with E-state index in [4.69, 9.17) is 5.11 Å². The Kier molecular flexibility index (Phi) is 6.58. The van der Waals surface area contributed by atoms with Gasteiger partial charge in [-0.05, 0) is 30.9 Å². The van der Waals surface area contributed by atoms with Crippen LogP contribution in [0.4, 0.5) is 0 Å². The summed E-state index contributed by atoms with van der Waals surface area (Å²) in [5, 5.41) is 8.95. The third kappa shape index (κ3) is 4.56. The van der Waals surface area contributed by atoms with Crippen molar-refractivity contribution < 1.29 is 14.7 Å². The molecule has 0 saturated heterocycles. The zero-order chi connectivity index (χ0) is 15.1. The Morgan fingerprint density at radius 3 is 2.65 bits per heavy atom. The summed E-state index contributed by atoms with van der Waals surface area (Å²) in [4.78, 5) is 24.9. The number of carbonyl (C=O) groups is 2. The summed E-state index contributed by atoms with van der Waals surface area (Å²) >= 11 is 1.70. The predicted molar refractivity (Wildman–Crippen MR) is 82.0 cm³/mol. The van der Waals surface area contributed by atoms with Crippen LogP contribution < -0.4 is 0 Å². The Bertz CT molecular complexity index is 476. The van der Waals surface area contributed by atoms with Gasteiger partial charge in [-0.15, -0.1) is 0 Å². The normalized spacial score (nSPS) is 11.9. The molecular formula is C15H21NO3S. The SMILES string of the molecule is CCN(CC(C)C(=O)O)C(=O)c1cccc(CSC)c1. The number of carboxylic acids is 1. The van der Waals surface area contributed by atoms with Crippen molar-refractivity contribution in [2.24, 2.45) is 5.92 Å². The van der Waals surface area contributed by atoms with Crippen LogP contribution in [0.1, 0.15) is 29.8 Å². The van der Waals surface area contributed by atoms with Crippen molar-refractivity contribution in [1.29, 1.82) is 0 Å². The molecule has 5 heteroatoms. The Morgan fingerprint density at radius 1 is 1.40 bits per heavy atom. The van der Waals surface area contributed by atoms with Crippen LogP contribution in [0.2, 0.25) is 0 Å². The van der Waals surface area contributed by atoms with Gasteiger partial charge in [-0.25, -0.2) is 0 Å². The number of hydrogen-bond acceptors (Lipinski definition) is 3. The zero-order valence-corrected chi connectivity index (χ0v) is 12.9. The van der Waals surface area contributed by atoms with Gasteiger partial charge in [0.2, 0.25) is 0 Å². The molecule has 1 N–H and O–H groups in total. The first kappa shape index (κ1) is 16.6. The molecule has 1 rings (SSSR count). The number of hydrogen-bond donors (Lipinski definition) is 1. The summed E-state index contributed by atoms with van der Waals surface area (Å²) in [6.45, 7) is 4.21. The standard InChI is InChI=1S/C15H21NO3S/c1-4-16(9-11(2)15(18)19)14(17)13-7-5-6-12(8-13)10-20-3/h5-8,11H,4,9-10H2,1-3H3,(H,18,19). The van der Waals surface area contributed by atoms with Gasteiger partial charge < -0.3 is 10.0 Å². The van der Waals surface area contributed by atoms with E-state index in [0.29, 0.717) is 12.1 Å². The molecule has 0 bridgehead atoms. The summed E-state index contributed by atoms with van der Waals surface area (Å²) in [5.41, 5.74) is 1.72. The second-order valence-corrected chi connectivity index (χ2v) is 5.58. The topological polar surface area (TPSA) is 57.6 Å². The van der Waals surface area contributed by atoms with E-state index in [0.717, 1.165) is 11.3 Å². The minimum atomic E-state index is -0.882. The lowest BCUT2D eigenvalue weighted by Gasteiger charge is -2.23. The van der Waals surface area contributed by atoms with E-state index in [9.17, 15) is 9.59 Å². The van der Waals surface area contributed by atoms with Gasteiger partial charge in [-0.3, -0.25) is 9.59 Å². The number of rotatable bonds is 7. The fourth-order valence-corrected chi connectivity index (χ4v) is 2.42. The van der Waals surface area contributed by atoms with Gasteiger partial charge in [-0.1, -0.05) is 19.1 Å². The fourth-order valence-electron chi connectivity index (χ4n) is 1.91. The monoisotopic (exact) mass is 295 g/mol. The van der Waals surface area contributed by atoms with Crippen LogP contribution in [0.3, 0.4) is 0 Å². The molecule has 1 aromatic carbocycles. The van der Waals surface area contributed by atoms with Crippen LogP contribution in [-0.2, 0) is 10.5 Å². The lowest BCUT2D eigenvalue weighted by molar-refractivity contribution is -0.141. The Balaban J connectivity index is 2.85. The van der Waals surface area contributed by atoms with Crippen LogP contribution in [0.15, 0.2) is 24.3 Å². The summed E-state index contributed by atoms with van der Waals surface area (Å²) in [6.07, 6.45) is 2.02. The number of nitrogens with zero attached hydrogens (tertiary/aromatic N) is 1. The lowest BCUT2D eigenvalue weighted by Crippen LogP contribution is -2.36. The Hall–Kier alpha value is -1.49. The number of amides is 1. The van der Waals surface area contributed by atoms with Crippen LogP contribution in [0, 0.1) is 5.92 Å². The van der Waals surface area contributed by atoms with Gasteiger partial charge in [0.15, 0.2) is 0 Å². The molecule has 1 amide bonds. The highest BCUT2D eigenvalue weighted by Crippen LogP contribution is 2.14. The largest absolute Gasteiger partial charge is 0.481 e. The second kappa shape index (κ2) is 7.94. The molecule has 0 heterocycles. The first-order valence-electron chi connectivity index (χ1n) is 6.59. The molecule has 0 aliphatic heterocycles. The average Bonchev–Trinajstić information content (AvgIpc) is 2.44. The van der Waals surface area contributed by atoms with Gasteiger partial charge in [0.05, 0.1) is 5.92 Å². The van der Waals surface area contributed by atoms with Gasteiger partial charge in [-0.2, -0.15) is 11.8 Å². The molecule has 0 radical (unpaired) electrons. The van der Waals surface area contributed by atoms with Crippen LogP contribution in [-0.4, -0.2) is 41.2 Å². The maximum Gasteiger partial charge on any atom is 0.308 e. The zero-order valence-electron chi connectivity index (χ0n) is 12.1. The van der Waals surface area contributed by atoms with E-state index in [1.54, 1.807) is 29.7 Å². The molecule has 0 spiro atoms. The number of carboxylic acid groups (broad SMARTS) is 1. The summed E-state index contributed by atoms with van der Waals surface area (Å²) < 4.78 is 0. The smallest absolute Gasteiger partial charge is 0.308 e. The lowest BCUT2D eigenvalue weighted by atomic mass is 10.1. The number of benzene rings is 1. The van der Waals surface area contributed by atoms with Gasteiger partial charge in [0.25, 0.3) is 5.91 Å². The van der Waals surface area contributed by atoms with Crippen LogP contribution in [0.25, 0.3) is 0 Å². The average molecular weight is 295 g/mol. The summed E-state index contributed by atoms with van der Waals surface area (Å²) in [7, 11) is 0. The Labute approximate surface area is 124 Å². The molecule has 0 aliphatic carbocycles. The molecule has 20 heavy (non-hydrogen) atoms. The van der Waals surface area contributed by atoms with E-state index >= 15 is 0 Å². The molecule has 1 unspecified atom stereocenters. The van der Waals surface area contributed by atoms with Crippen LogP contribution >= 0.6 is 11.8 Å². The Morgan fingerprint density at radius 2 is 2.10 bits per heavy atom. The van der Waals surface area contributed by atoms with E-state index in [1.165, 1.54) is 0 Å². The summed E-state index contributed by atoms with van der Waals surface area (Å²) in [5.74, 6) is -0.692. The van der Waals surface area contributed by atoms with E-state index < -0.39 is 11.9 Å². The fraction of sp³-hybridized carbons (Fsp3) is 0.467. The maximum atomic E-state index is 12.4. The molecule has 0 fully saturated rings. The van der Waals surface area contributed by atoms with Crippen molar-refractivity contribution in [1.82, 2.24) is 4.90 Å². The highest BCUT2D eigenvalue weighted by Gasteiger charge is 2.20. The molecule has 0 aromatic heterocycles. The van der Waals surface area contributed by atoms with Gasteiger partial charge >= 0.3 is 5.97 Å². The highest BCUT2D eigenvalue weighted by molar-refractivity contribution is 7.97. The molecule has 0 aliphatic rings. The van der Waals surface area contributed by atoms with Gasteiger partial charge in [0, 0.05) is 24.4 Å². The molecule has 0 saturated carbocycles. The number of thioether (sulfide) groups is 1. The third-order valence-electron chi connectivity index (χ3n) is 3.07. The molecular weight excluding hydrogens is 274 g/mol. The summed E-state index contributed by atoms with van der Waals surface area (Å²) in [6, 6.07) is 7.52. The highest BCUT2D eigenvalue weighted by atomic mass is 32.2. The quantitative estimate of drug-likeness (QED) is 0.840. The first-order chi connectivity index (χ1) is 9.49. The van der Waals surface area contributed by atoms with E-state index in [1.807, 2.05) is 31.4 Å². The van der Waals surface area contributed by atoms with E-state index in [-0.39, 0.29) is 12.5 Å². The van der Waals surface area contributed by atoms with Crippen molar-refractivity contribution in [2.75, 3.05) is 19.3 Å². The first-order valence-corrected chi connectivity index (χ1v) is 7.98. The minimum absolute atomic E-state index is 0.108. The molecule has 1 aromatic rings. The van der Waals surface area contributed by atoms with Crippen molar-refractivity contribution in [3.63, 3.8) is 0 Å². The van der Waals surface area contributed by atoms with Crippen molar-refractivity contribution >= 4 is 23.6 Å². The predicted octanol–water partition coefficient (Wildman–Crippen LogP) is 2.73. The van der Waals surface area contributed by atoms with Crippen molar-refractivity contribution in [3.05, 3.63) is 35.4 Å². The van der Waals surface area contributed by atoms with E-state index in [2.05, 4.69) is 0 Å². The minimum Gasteiger partial charge on any atom is -0.481 e. The number of aliphatic carboxylic acids is 1. The van der Waals surface area contributed by atoms with Crippen molar-refractivity contribution in [2.45, 2.75) is 19.6 Å². The van der Waals surface area contributed by atoms with Crippen molar-refractivity contribution in [3.8, 4) is 0 Å². The molecule has 1 atom stereocenters.